The first-order chi connectivity index (χ1) is 9.31. The third kappa shape index (κ3) is 6.40. The number of hydrogen-bond acceptors (Lipinski definition) is 2. The molecule has 0 aliphatic rings. The number of carbonyl (C=O) groups excluding carboxylic acids is 1. The number of carbonyl (C=O) groups is 1. The van der Waals surface area contributed by atoms with E-state index >= 15 is 0 Å². The number of nitrogens with one attached hydrogen (secondary N) is 2. The van der Waals surface area contributed by atoms with Crippen molar-refractivity contribution in [2.45, 2.75) is 39.7 Å². The van der Waals surface area contributed by atoms with Crippen LogP contribution in [-0.2, 0) is 4.79 Å². The molecule has 0 spiro atoms. The zero-order valence-electron chi connectivity index (χ0n) is 12.8. The van der Waals surface area contributed by atoms with E-state index in [9.17, 15) is 4.79 Å². The summed E-state index contributed by atoms with van der Waals surface area (Å²) in [6.45, 7) is 7.22. The summed E-state index contributed by atoms with van der Waals surface area (Å²) in [6.07, 6.45) is 1.38. The van der Waals surface area contributed by atoms with Crippen LogP contribution in [0.1, 0.15) is 45.2 Å². The summed E-state index contributed by atoms with van der Waals surface area (Å²) in [4.78, 5) is 12.0. The molecule has 0 bridgehead atoms. The smallest absolute Gasteiger partial charge is 0.221 e. The van der Waals surface area contributed by atoms with Gasteiger partial charge in [0.1, 0.15) is 0 Å². The van der Waals surface area contributed by atoms with Crippen LogP contribution in [0.4, 0.5) is 0 Å². The largest absolute Gasteiger partial charge is 0.349 e. The van der Waals surface area contributed by atoms with E-state index in [1.165, 1.54) is 0 Å². The van der Waals surface area contributed by atoms with E-state index in [2.05, 4.69) is 31.4 Å². The average Bonchev–Trinajstić information content (AvgIpc) is 2.35. The molecule has 0 aromatic heterocycles. The van der Waals surface area contributed by atoms with Gasteiger partial charge >= 0.3 is 0 Å². The van der Waals surface area contributed by atoms with Gasteiger partial charge < -0.3 is 10.6 Å². The minimum absolute atomic E-state index is 0.0247. The fraction of sp³-hybridized carbons (Fsp3) is 0.562. The maximum absolute atomic E-state index is 12.0. The van der Waals surface area contributed by atoms with Crippen LogP contribution >= 0.6 is 11.6 Å². The van der Waals surface area contributed by atoms with Gasteiger partial charge in [-0.1, -0.05) is 44.5 Å². The average molecular weight is 297 g/mol. The van der Waals surface area contributed by atoms with E-state index in [0.29, 0.717) is 18.0 Å². The fourth-order valence-electron chi connectivity index (χ4n) is 2.06. The lowest BCUT2D eigenvalue weighted by Crippen LogP contribution is -2.32. The summed E-state index contributed by atoms with van der Waals surface area (Å²) < 4.78 is 0. The van der Waals surface area contributed by atoms with Crippen LogP contribution in [0.15, 0.2) is 24.3 Å². The zero-order chi connectivity index (χ0) is 15.2. The molecule has 0 aliphatic carbocycles. The minimum atomic E-state index is 0.0247. The Kier molecular flexibility index (Phi) is 6.50. The predicted octanol–water partition coefficient (Wildman–Crippen LogP) is 3.54. The summed E-state index contributed by atoms with van der Waals surface area (Å²) in [5.74, 6) is 0.0727. The molecule has 1 aromatic rings. The molecule has 1 atom stereocenters. The van der Waals surface area contributed by atoms with Crippen molar-refractivity contribution in [1.82, 2.24) is 10.6 Å². The Morgan fingerprint density at radius 1 is 1.25 bits per heavy atom. The zero-order valence-corrected chi connectivity index (χ0v) is 13.6. The molecule has 0 fully saturated rings. The molecular weight excluding hydrogens is 272 g/mol. The number of benzene rings is 1. The third-order valence-electron chi connectivity index (χ3n) is 3.03. The molecule has 112 valence electrons. The van der Waals surface area contributed by atoms with Crippen LogP contribution in [0.3, 0.4) is 0 Å². The second kappa shape index (κ2) is 7.65. The van der Waals surface area contributed by atoms with Crippen molar-refractivity contribution in [2.75, 3.05) is 13.6 Å². The first-order valence-electron chi connectivity index (χ1n) is 7.01. The molecule has 3 nitrogen and oxygen atoms in total. The Balaban J connectivity index is 2.80. The van der Waals surface area contributed by atoms with E-state index in [4.69, 9.17) is 11.6 Å². The summed E-state index contributed by atoms with van der Waals surface area (Å²) in [7, 11) is 1.85. The SMILES string of the molecule is CNCCC(=O)NC(CC(C)(C)C)c1ccc(Cl)cc1. The Labute approximate surface area is 127 Å². The van der Waals surface area contributed by atoms with Crippen molar-refractivity contribution < 1.29 is 4.79 Å². The molecule has 0 aliphatic heterocycles. The van der Waals surface area contributed by atoms with Crippen LogP contribution in [0.25, 0.3) is 0 Å². The maximum atomic E-state index is 12.0. The maximum Gasteiger partial charge on any atom is 0.221 e. The molecule has 1 amide bonds. The van der Waals surface area contributed by atoms with Gasteiger partial charge in [0.25, 0.3) is 0 Å². The van der Waals surface area contributed by atoms with Gasteiger partial charge in [0.15, 0.2) is 0 Å². The Hall–Kier alpha value is -1.06. The van der Waals surface area contributed by atoms with Gasteiger partial charge in [-0.15, -0.1) is 0 Å². The van der Waals surface area contributed by atoms with E-state index in [0.717, 1.165) is 12.0 Å². The van der Waals surface area contributed by atoms with Crippen LogP contribution in [0.5, 0.6) is 0 Å². The third-order valence-corrected chi connectivity index (χ3v) is 3.28. The molecule has 1 aromatic carbocycles. The van der Waals surface area contributed by atoms with Crippen LogP contribution in [-0.4, -0.2) is 19.5 Å². The molecular formula is C16H25ClN2O. The summed E-state index contributed by atoms with van der Waals surface area (Å²) in [5, 5.41) is 6.82. The van der Waals surface area contributed by atoms with Gasteiger partial charge in [-0.2, -0.15) is 0 Å². The normalized spacial score (nSPS) is 13.1. The second-order valence-electron chi connectivity index (χ2n) is 6.29. The van der Waals surface area contributed by atoms with Crippen molar-refractivity contribution >= 4 is 17.5 Å². The molecule has 0 heterocycles. The minimum Gasteiger partial charge on any atom is -0.349 e. The highest BCUT2D eigenvalue weighted by Crippen LogP contribution is 2.30. The van der Waals surface area contributed by atoms with Crippen molar-refractivity contribution in [2.24, 2.45) is 5.41 Å². The van der Waals surface area contributed by atoms with E-state index in [1.807, 2.05) is 31.3 Å². The summed E-state index contributed by atoms with van der Waals surface area (Å²) in [5.41, 5.74) is 1.24. The van der Waals surface area contributed by atoms with Crippen LogP contribution in [0, 0.1) is 5.41 Å². The monoisotopic (exact) mass is 296 g/mol. The summed E-state index contributed by atoms with van der Waals surface area (Å²) in [6, 6.07) is 7.73. The topological polar surface area (TPSA) is 41.1 Å². The van der Waals surface area contributed by atoms with E-state index in [-0.39, 0.29) is 17.4 Å². The van der Waals surface area contributed by atoms with Crippen LogP contribution in [0.2, 0.25) is 5.02 Å². The fourth-order valence-corrected chi connectivity index (χ4v) is 2.19. The Morgan fingerprint density at radius 3 is 2.35 bits per heavy atom. The Morgan fingerprint density at radius 2 is 1.85 bits per heavy atom. The molecule has 0 radical (unpaired) electrons. The van der Waals surface area contributed by atoms with Crippen LogP contribution < -0.4 is 10.6 Å². The molecule has 4 heteroatoms. The highest BCUT2D eigenvalue weighted by atomic mass is 35.5. The van der Waals surface area contributed by atoms with E-state index < -0.39 is 0 Å². The van der Waals surface area contributed by atoms with Crippen molar-refractivity contribution in [3.8, 4) is 0 Å². The predicted molar refractivity (Wildman–Crippen MR) is 85.0 cm³/mol. The van der Waals surface area contributed by atoms with Gasteiger partial charge in [-0.05, 0) is 36.6 Å². The van der Waals surface area contributed by atoms with E-state index in [1.54, 1.807) is 0 Å². The molecule has 20 heavy (non-hydrogen) atoms. The molecule has 0 saturated heterocycles. The first kappa shape index (κ1) is 17.0. The van der Waals surface area contributed by atoms with Gasteiger partial charge in [0.05, 0.1) is 6.04 Å². The molecule has 1 unspecified atom stereocenters. The standard InChI is InChI=1S/C16H25ClN2O/c1-16(2,3)11-14(19-15(20)9-10-18-4)12-5-7-13(17)8-6-12/h5-8,14,18H,9-11H2,1-4H3,(H,19,20). The quantitative estimate of drug-likeness (QED) is 0.843. The first-order valence-corrected chi connectivity index (χ1v) is 7.39. The lowest BCUT2D eigenvalue weighted by molar-refractivity contribution is -0.121. The highest BCUT2D eigenvalue weighted by Gasteiger charge is 2.21. The van der Waals surface area contributed by atoms with Crippen molar-refractivity contribution in [3.63, 3.8) is 0 Å². The number of rotatable bonds is 6. The number of halogens is 1. The molecule has 0 saturated carbocycles. The van der Waals surface area contributed by atoms with Gasteiger partial charge in [-0.25, -0.2) is 0 Å². The van der Waals surface area contributed by atoms with Gasteiger partial charge in [0.2, 0.25) is 5.91 Å². The summed E-state index contributed by atoms with van der Waals surface area (Å²) >= 11 is 5.93. The molecule has 2 N–H and O–H groups in total. The van der Waals surface area contributed by atoms with Gasteiger partial charge in [-0.3, -0.25) is 4.79 Å². The lowest BCUT2D eigenvalue weighted by Gasteiger charge is -2.27. The highest BCUT2D eigenvalue weighted by molar-refractivity contribution is 6.30. The number of amides is 1. The van der Waals surface area contributed by atoms with Crippen molar-refractivity contribution in [3.05, 3.63) is 34.9 Å². The molecule has 1 rings (SSSR count). The number of hydrogen-bond donors (Lipinski definition) is 2. The second-order valence-corrected chi connectivity index (χ2v) is 6.73. The van der Waals surface area contributed by atoms with Crippen molar-refractivity contribution in [1.29, 1.82) is 0 Å². The Bertz CT molecular complexity index is 423. The lowest BCUT2D eigenvalue weighted by atomic mass is 9.85. The van der Waals surface area contributed by atoms with Gasteiger partial charge in [0, 0.05) is 18.0 Å².